The minimum Gasteiger partial charge on any atom is -0.494 e. The van der Waals surface area contributed by atoms with E-state index in [1.54, 1.807) is 0 Å². The van der Waals surface area contributed by atoms with E-state index >= 15 is 0 Å². The topological polar surface area (TPSA) is 9.23 Å². The summed E-state index contributed by atoms with van der Waals surface area (Å²) in [6, 6.07) is 17.8. The molecule has 0 aliphatic heterocycles. The van der Waals surface area contributed by atoms with Crippen LogP contribution in [-0.4, -0.2) is 6.61 Å². The van der Waals surface area contributed by atoms with Gasteiger partial charge < -0.3 is 4.74 Å². The summed E-state index contributed by atoms with van der Waals surface area (Å²) >= 11 is 0. The monoisotopic (exact) mass is 444 g/mol. The van der Waals surface area contributed by atoms with Crippen LogP contribution in [0.2, 0.25) is 0 Å². The van der Waals surface area contributed by atoms with Crippen LogP contribution in [0.4, 0.5) is 0 Å². The quantitative estimate of drug-likeness (QED) is 0.234. The summed E-state index contributed by atoms with van der Waals surface area (Å²) in [5, 5.41) is 0. The lowest BCUT2D eigenvalue weighted by molar-refractivity contribution is 0.304. The maximum absolute atomic E-state index is 5.93. The van der Waals surface area contributed by atoms with Crippen molar-refractivity contribution in [2.45, 2.75) is 103 Å². The van der Waals surface area contributed by atoms with E-state index in [1.807, 2.05) is 0 Å². The molecule has 1 heteroatoms. The van der Waals surface area contributed by atoms with Crippen molar-refractivity contribution in [3.63, 3.8) is 0 Å². The minimum absolute atomic E-state index is 0.542. The van der Waals surface area contributed by atoms with E-state index in [4.69, 9.17) is 4.74 Å². The Labute approximate surface area is 203 Å². The highest BCUT2D eigenvalue weighted by Gasteiger charge is 2.21. The lowest BCUT2D eigenvalue weighted by atomic mass is 9.79. The van der Waals surface area contributed by atoms with E-state index in [0.29, 0.717) is 11.8 Å². The Balaban J connectivity index is 1.38. The number of ether oxygens (including phenoxy) is 1. The summed E-state index contributed by atoms with van der Waals surface area (Å²) in [5.74, 6) is 9.24. The second-order valence-corrected chi connectivity index (χ2v) is 9.80. The molecule has 2 aromatic rings. The van der Waals surface area contributed by atoms with Gasteiger partial charge in [0.2, 0.25) is 0 Å². The Hall–Kier alpha value is -2.20. The average Bonchev–Trinajstić information content (AvgIpc) is 2.86. The SMILES string of the molecule is CCCCCCCOc1ccc([C@H]2CC[C@H](C#Cc3ccc(CCCCC)cc3)CC2)cc1. The van der Waals surface area contributed by atoms with Gasteiger partial charge in [0.15, 0.2) is 0 Å². The molecule has 1 nitrogen and oxygen atoms in total. The molecule has 1 fully saturated rings. The first-order chi connectivity index (χ1) is 16.3. The summed E-state index contributed by atoms with van der Waals surface area (Å²) < 4.78 is 5.93. The van der Waals surface area contributed by atoms with Gasteiger partial charge in [-0.3, -0.25) is 0 Å². The van der Waals surface area contributed by atoms with Gasteiger partial charge in [0.25, 0.3) is 0 Å². The first kappa shape index (κ1) is 25.4. The van der Waals surface area contributed by atoms with Crippen molar-refractivity contribution in [2.24, 2.45) is 5.92 Å². The summed E-state index contributed by atoms with van der Waals surface area (Å²) in [5.41, 5.74) is 4.07. The highest BCUT2D eigenvalue weighted by Crippen LogP contribution is 2.36. The van der Waals surface area contributed by atoms with Crippen molar-refractivity contribution in [3.05, 3.63) is 65.2 Å². The van der Waals surface area contributed by atoms with Gasteiger partial charge in [-0.05, 0) is 86.3 Å². The molecule has 1 aliphatic rings. The van der Waals surface area contributed by atoms with Crippen LogP contribution in [0.3, 0.4) is 0 Å². The van der Waals surface area contributed by atoms with E-state index in [9.17, 15) is 0 Å². The molecule has 1 aliphatic carbocycles. The molecule has 0 heterocycles. The van der Waals surface area contributed by atoms with Crippen molar-refractivity contribution in [1.29, 1.82) is 0 Å². The van der Waals surface area contributed by atoms with E-state index in [2.05, 4.69) is 74.2 Å². The zero-order valence-electron chi connectivity index (χ0n) is 21.1. The largest absolute Gasteiger partial charge is 0.494 e. The summed E-state index contributed by atoms with van der Waals surface area (Å²) in [6.07, 6.45) is 16.4. The standard InChI is InChI=1S/C32H44O/c1-3-5-7-8-10-26-33-32-24-22-31(23-25-32)30-20-18-29(19-21-30)17-16-28-14-12-27(13-15-28)11-9-6-4-2/h12-15,22-25,29-30H,3-11,18-21,26H2,1-2H3/t29-,30-. The van der Waals surface area contributed by atoms with Crippen LogP contribution in [0.1, 0.15) is 114 Å². The fourth-order valence-electron chi connectivity index (χ4n) is 4.82. The molecule has 0 amide bonds. The van der Waals surface area contributed by atoms with Gasteiger partial charge in [-0.1, -0.05) is 88.5 Å². The van der Waals surface area contributed by atoms with E-state index in [1.165, 1.54) is 88.2 Å². The van der Waals surface area contributed by atoms with Crippen molar-refractivity contribution in [3.8, 4) is 17.6 Å². The number of hydrogen-bond donors (Lipinski definition) is 0. The van der Waals surface area contributed by atoms with Gasteiger partial charge >= 0.3 is 0 Å². The average molecular weight is 445 g/mol. The third kappa shape index (κ3) is 9.29. The molecule has 0 aromatic heterocycles. The van der Waals surface area contributed by atoms with E-state index in [0.717, 1.165) is 24.3 Å². The molecule has 178 valence electrons. The molecular formula is C32H44O. The van der Waals surface area contributed by atoms with Gasteiger partial charge in [-0.2, -0.15) is 0 Å². The number of unbranched alkanes of at least 4 members (excludes halogenated alkanes) is 6. The number of rotatable bonds is 12. The predicted molar refractivity (Wildman–Crippen MR) is 142 cm³/mol. The molecule has 0 unspecified atom stereocenters. The minimum atomic E-state index is 0.542. The Morgan fingerprint density at radius 1 is 0.727 bits per heavy atom. The Kier molecular flexibility index (Phi) is 11.4. The van der Waals surface area contributed by atoms with Crippen LogP contribution < -0.4 is 4.74 Å². The Morgan fingerprint density at radius 2 is 1.39 bits per heavy atom. The normalized spacial score (nSPS) is 17.9. The first-order valence-corrected chi connectivity index (χ1v) is 13.6. The molecule has 2 aromatic carbocycles. The summed E-state index contributed by atoms with van der Waals surface area (Å²) in [7, 11) is 0. The van der Waals surface area contributed by atoms with Gasteiger partial charge in [-0.15, -0.1) is 0 Å². The fourth-order valence-corrected chi connectivity index (χ4v) is 4.82. The number of hydrogen-bond acceptors (Lipinski definition) is 1. The van der Waals surface area contributed by atoms with Crippen LogP contribution in [0.15, 0.2) is 48.5 Å². The second kappa shape index (κ2) is 14.8. The van der Waals surface area contributed by atoms with Gasteiger partial charge in [0.05, 0.1) is 6.61 Å². The zero-order valence-corrected chi connectivity index (χ0v) is 21.1. The molecule has 0 spiro atoms. The van der Waals surface area contributed by atoms with Crippen LogP contribution >= 0.6 is 0 Å². The molecular weight excluding hydrogens is 400 g/mol. The van der Waals surface area contributed by atoms with Crippen LogP contribution in [0, 0.1) is 17.8 Å². The van der Waals surface area contributed by atoms with Crippen molar-refractivity contribution >= 4 is 0 Å². The first-order valence-electron chi connectivity index (χ1n) is 13.6. The molecule has 0 atom stereocenters. The smallest absolute Gasteiger partial charge is 0.119 e. The second-order valence-electron chi connectivity index (χ2n) is 9.80. The van der Waals surface area contributed by atoms with Crippen LogP contribution in [0.25, 0.3) is 0 Å². The lowest BCUT2D eigenvalue weighted by Gasteiger charge is -2.26. The predicted octanol–water partition coefficient (Wildman–Crippen LogP) is 9.09. The summed E-state index contributed by atoms with van der Waals surface area (Å²) in [6.45, 7) is 5.36. The van der Waals surface area contributed by atoms with Gasteiger partial charge in [0, 0.05) is 11.5 Å². The highest BCUT2D eigenvalue weighted by atomic mass is 16.5. The number of aryl methyl sites for hydroxylation is 1. The molecule has 1 saturated carbocycles. The molecule has 0 saturated heterocycles. The van der Waals surface area contributed by atoms with Gasteiger partial charge in [0.1, 0.15) is 5.75 Å². The number of benzene rings is 2. The fraction of sp³-hybridized carbons (Fsp3) is 0.562. The molecule has 0 radical (unpaired) electrons. The Bertz CT molecular complexity index is 829. The third-order valence-corrected chi connectivity index (χ3v) is 7.04. The van der Waals surface area contributed by atoms with Crippen molar-refractivity contribution in [1.82, 2.24) is 0 Å². The Morgan fingerprint density at radius 3 is 2.09 bits per heavy atom. The maximum atomic E-state index is 5.93. The zero-order chi connectivity index (χ0) is 23.1. The van der Waals surface area contributed by atoms with Crippen molar-refractivity contribution < 1.29 is 4.74 Å². The van der Waals surface area contributed by atoms with Crippen LogP contribution in [-0.2, 0) is 6.42 Å². The molecule has 33 heavy (non-hydrogen) atoms. The molecule has 0 N–H and O–H groups in total. The van der Waals surface area contributed by atoms with E-state index < -0.39 is 0 Å². The van der Waals surface area contributed by atoms with Gasteiger partial charge in [-0.25, -0.2) is 0 Å². The molecule has 3 rings (SSSR count). The van der Waals surface area contributed by atoms with Crippen molar-refractivity contribution in [2.75, 3.05) is 6.61 Å². The molecule has 0 bridgehead atoms. The van der Waals surface area contributed by atoms with E-state index in [-0.39, 0.29) is 0 Å². The third-order valence-electron chi connectivity index (χ3n) is 7.04. The van der Waals surface area contributed by atoms with Crippen LogP contribution in [0.5, 0.6) is 5.75 Å². The lowest BCUT2D eigenvalue weighted by Crippen LogP contribution is -2.12. The maximum Gasteiger partial charge on any atom is 0.119 e. The highest BCUT2D eigenvalue weighted by molar-refractivity contribution is 5.37. The summed E-state index contributed by atoms with van der Waals surface area (Å²) in [4.78, 5) is 0.